The second-order valence-corrected chi connectivity index (χ2v) is 9.46. The van der Waals surface area contributed by atoms with Gasteiger partial charge >= 0.3 is 5.97 Å². The number of aliphatic hydroxyl groups is 1. The van der Waals surface area contributed by atoms with Gasteiger partial charge in [0.15, 0.2) is 0 Å². The molecule has 2 atom stereocenters. The zero-order valence-corrected chi connectivity index (χ0v) is 20.2. The number of halogens is 2. The van der Waals surface area contributed by atoms with E-state index in [0.29, 0.717) is 42.0 Å². The molecule has 0 saturated carbocycles. The highest BCUT2D eigenvalue weighted by atomic mass is 35.5. The number of aromatic nitrogens is 1. The lowest BCUT2D eigenvalue weighted by molar-refractivity contribution is 0.0694. The van der Waals surface area contributed by atoms with Gasteiger partial charge in [0.25, 0.3) is 0 Å². The number of carbonyl (C=O) groups is 1. The van der Waals surface area contributed by atoms with Gasteiger partial charge in [-0.15, -0.1) is 0 Å². The molecule has 4 rings (SSSR count). The quantitative estimate of drug-likeness (QED) is 0.471. The van der Waals surface area contributed by atoms with Gasteiger partial charge in [0.1, 0.15) is 23.2 Å². The zero-order valence-electron chi connectivity index (χ0n) is 19.5. The maximum Gasteiger partial charge on any atom is 0.341 e. The highest BCUT2D eigenvalue weighted by molar-refractivity contribution is 6.30. The van der Waals surface area contributed by atoms with Crippen LogP contribution in [0.25, 0.3) is 10.9 Å². The first-order valence-corrected chi connectivity index (χ1v) is 11.8. The Morgan fingerprint density at radius 3 is 2.71 bits per heavy atom. The van der Waals surface area contributed by atoms with Crippen LogP contribution in [0.4, 0.5) is 4.39 Å². The van der Waals surface area contributed by atoms with Gasteiger partial charge < -0.3 is 24.3 Å². The lowest BCUT2D eigenvalue weighted by atomic mass is 9.98. The second-order valence-electron chi connectivity index (χ2n) is 9.05. The molecule has 186 valence electrons. The van der Waals surface area contributed by atoms with Crippen LogP contribution in [0.15, 0.2) is 41.3 Å². The molecule has 0 aliphatic carbocycles. The summed E-state index contributed by atoms with van der Waals surface area (Å²) in [4.78, 5) is 25.0. The minimum atomic E-state index is -1.36. The minimum absolute atomic E-state index is 0.0202. The van der Waals surface area contributed by atoms with E-state index in [1.54, 1.807) is 28.8 Å². The average Bonchev–Trinajstić information content (AvgIpc) is 3.32. The third-order valence-electron chi connectivity index (χ3n) is 6.35. The molecule has 7 nitrogen and oxygen atoms in total. The third kappa shape index (κ3) is 5.05. The highest BCUT2D eigenvalue weighted by Gasteiger charge is 2.25. The topological polar surface area (TPSA) is 98.0 Å². The summed E-state index contributed by atoms with van der Waals surface area (Å²) in [5, 5.41) is 19.9. The largest absolute Gasteiger partial charge is 0.488 e. The van der Waals surface area contributed by atoms with Crippen LogP contribution in [0, 0.1) is 11.7 Å². The summed E-state index contributed by atoms with van der Waals surface area (Å²) in [6, 6.07) is 7.43. The summed E-state index contributed by atoms with van der Waals surface area (Å²) >= 11 is 5.97. The molecule has 1 aliphatic heterocycles. The van der Waals surface area contributed by atoms with E-state index in [0.717, 1.165) is 0 Å². The van der Waals surface area contributed by atoms with Gasteiger partial charge in [0, 0.05) is 30.5 Å². The lowest BCUT2D eigenvalue weighted by Gasteiger charge is -2.26. The van der Waals surface area contributed by atoms with Crippen molar-refractivity contribution in [3.63, 3.8) is 0 Å². The van der Waals surface area contributed by atoms with Gasteiger partial charge in [-0.05, 0) is 29.2 Å². The van der Waals surface area contributed by atoms with Crippen molar-refractivity contribution in [3.8, 4) is 5.75 Å². The number of nitrogens with zero attached hydrogens (tertiary/aromatic N) is 1. The molecular weight excluding hydrogens is 477 g/mol. The fraction of sp³-hybridized carbons (Fsp3) is 0.385. The molecule has 0 amide bonds. The van der Waals surface area contributed by atoms with Crippen molar-refractivity contribution in [2.24, 2.45) is 5.92 Å². The summed E-state index contributed by atoms with van der Waals surface area (Å²) in [7, 11) is 0. The molecule has 1 aromatic heterocycles. The molecule has 1 fully saturated rings. The Kier molecular flexibility index (Phi) is 7.44. The Morgan fingerprint density at radius 1 is 1.31 bits per heavy atom. The molecular formula is C26H27ClFNO6. The summed E-state index contributed by atoms with van der Waals surface area (Å²) in [6.07, 6.45) is 1.81. The van der Waals surface area contributed by atoms with Crippen LogP contribution >= 0.6 is 11.6 Å². The first-order chi connectivity index (χ1) is 16.7. The van der Waals surface area contributed by atoms with Crippen LogP contribution in [0.3, 0.4) is 0 Å². The Morgan fingerprint density at radius 2 is 2.09 bits per heavy atom. The number of fused-ring (bicyclic) bond motifs is 1. The summed E-state index contributed by atoms with van der Waals surface area (Å²) in [5.41, 5.74) is 0.190. The van der Waals surface area contributed by atoms with Crippen LogP contribution in [-0.4, -0.2) is 46.7 Å². The van der Waals surface area contributed by atoms with E-state index in [1.807, 2.05) is 13.8 Å². The van der Waals surface area contributed by atoms with Crippen LogP contribution in [0.5, 0.6) is 5.75 Å². The highest BCUT2D eigenvalue weighted by Crippen LogP contribution is 2.33. The van der Waals surface area contributed by atoms with Crippen molar-refractivity contribution in [2.45, 2.75) is 38.8 Å². The first-order valence-electron chi connectivity index (χ1n) is 11.4. The van der Waals surface area contributed by atoms with Gasteiger partial charge in [-0.2, -0.15) is 0 Å². The maximum absolute atomic E-state index is 14.7. The van der Waals surface area contributed by atoms with Crippen molar-refractivity contribution >= 4 is 28.5 Å². The molecule has 9 heteroatoms. The van der Waals surface area contributed by atoms with E-state index in [-0.39, 0.29) is 35.5 Å². The number of benzene rings is 2. The molecule has 3 aromatic rings. The molecule has 1 saturated heterocycles. The van der Waals surface area contributed by atoms with Gasteiger partial charge in [0.05, 0.1) is 36.4 Å². The molecule has 2 N–H and O–H groups in total. The number of carboxylic acids is 1. The van der Waals surface area contributed by atoms with Crippen molar-refractivity contribution < 1.29 is 28.9 Å². The Hall–Kier alpha value is -2.94. The van der Waals surface area contributed by atoms with Crippen LogP contribution in [0.2, 0.25) is 5.02 Å². The molecule has 0 spiro atoms. The zero-order chi connectivity index (χ0) is 25.3. The third-order valence-corrected chi connectivity index (χ3v) is 6.64. The predicted octanol–water partition coefficient (Wildman–Crippen LogP) is 4.44. The molecule has 0 radical (unpaired) electrons. The Balaban J connectivity index is 1.97. The standard InChI is InChI=1S/C26H27ClFNO6/c1-14(2)22(12-30)29-11-19(26(32)33)25(31)18-9-16(8-15-4-3-5-20(27)24(15)28)23(10-21(18)29)35-17-6-7-34-13-17/h3-5,9-11,14,17,22,30H,6-8,12-13H2,1-2H3,(H,32,33)/t17-,22-/m1/s1. The van der Waals surface area contributed by atoms with E-state index in [2.05, 4.69) is 0 Å². The fourth-order valence-corrected chi connectivity index (χ4v) is 4.59. The van der Waals surface area contributed by atoms with Crippen LogP contribution in [-0.2, 0) is 11.2 Å². The van der Waals surface area contributed by atoms with E-state index >= 15 is 0 Å². The summed E-state index contributed by atoms with van der Waals surface area (Å²) in [5.74, 6) is -1.55. The van der Waals surface area contributed by atoms with E-state index in [4.69, 9.17) is 21.1 Å². The number of ether oxygens (including phenoxy) is 2. The SMILES string of the molecule is CC(C)[C@@H](CO)n1cc(C(=O)O)c(=O)c2cc(Cc3cccc(Cl)c3F)c(O[C@@H]3CCOC3)cc21. The number of hydrogen-bond donors (Lipinski definition) is 2. The van der Waals surface area contributed by atoms with E-state index < -0.39 is 28.8 Å². The van der Waals surface area contributed by atoms with Gasteiger partial charge in [0.2, 0.25) is 5.43 Å². The monoisotopic (exact) mass is 503 g/mol. The molecule has 0 bridgehead atoms. The van der Waals surface area contributed by atoms with Gasteiger partial charge in [-0.25, -0.2) is 9.18 Å². The lowest BCUT2D eigenvalue weighted by Crippen LogP contribution is -2.26. The molecule has 2 heterocycles. The van der Waals surface area contributed by atoms with Gasteiger partial charge in [-0.1, -0.05) is 37.6 Å². The number of aliphatic hydroxyl groups excluding tert-OH is 1. The minimum Gasteiger partial charge on any atom is -0.488 e. The van der Waals surface area contributed by atoms with Crippen molar-refractivity contribution in [1.29, 1.82) is 0 Å². The number of hydrogen-bond acceptors (Lipinski definition) is 5. The molecule has 2 aromatic carbocycles. The molecule has 1 aliphatic rings. The maximum atomic E-state index is 14.7. The number of aromatic carboxylic acids is 1. The molecule has 0 unspecified atom stereocenters. The van der Waals surface area contributed by atoms with Crippen molar-refractivity contribution in [2.75, 3.05) is 19.8 Å². The summed E-state index contributed by atoms with van der Waals surface area (Å²) in [6.45, 7) is 4.50. The normalized spacial score (nSPS) is 16.7. The fourth-order valence-electron chi connectivity index (χ4n) is 4.39. The Bertz CT molecular complexity index is 1320. The second kappa shape index (κ2) is 10.4. The predicted molar refractivity (Wildman–Crippen MR) is 130 cm³/mol. The van der Waals surface area contributed by atoms with Gasteiger partial charge in [-0.3, -0.25) is 4.79 Å². The van der Waals surface area contributed by atoms with Crippen LogP contribution in [0.1, 0.15) is 47.8 Å². The van der Waals surface area contributed by atoms with E-state index in [1.165, 1.54) is 12.3 Å². The smallest absolute Gasteiger partial charge is 0.341 e. The number of pyridine rings is 1. The number of carboxylic acid groups (broad SMARTS) is 1. The number of rotatable bonds is 8. The van der Waals surface area contributed by atoms with Crippen LogP contribution < -0.4 is 10.2 Å². The summed E-state index contributed by atoms with van der Waals surface area (Å²) < 4.78 is 28.0. The van der Waals surface area contributed by atoms with Crippen molar-refractivity contribution in [1.82, 2.24) is 4.57 Å². The average molecular weight is 504 g/mol. The molecule has 35 heavy (non-hydrogen) atoms. The first kappa shape index (κ1) is 25.2. The van der Waals surface area contributed by atoms with Crippen molar-refractivity contribution in [3.05, 3.63) is 74.3 Å². The Labute approximate surface area is 206 Å². The van der Waals surface area contributed by atoms with E-state index in [9.17, 15) is 24.2 Å².